The third-order valence-corrected chi connectivity index (χ3v) is 14.1. The van der Waals surface area contributed by atoms with Gasteiger partial charge in [-0.15, -0.1) is 0 Å². The molecule has 0 aliphatic rings. The number of hydrogen-bond acceptors (Lipinski definition) is 5. The second-order valence-electron chi connectivity index (χ2n) is 21.1. The molecule has 0 aromatic carbocycles. The molecular weight excluding hydrogens is 873 g/mol. The van der Waals surface area contributed by atoms with Gasteiger partial charge >= 0.3 is 11.9 Å². The average molecular weight is 994 g/mol. The Kier molecular flexibility index (Phi) is 59.8. The molecular formula is C66H120O5. The molecule has 0 saturated heterocycles. The summed E-state index contributed by atoms with van der Waals surface area (Å²) >= 11 is 0. The van der Waals surface area contributed by atoms with E-state index < -0.39 is 6.10 Å². The zero-order valence-electron chi connectivity index (χ0n) is 47.5. The highest BCUT2D eigenvalue weighted by atomic mass is 16.6. The molecule has 0 aromatic rings. The Bertz CT molecular complexity index is 1210. The topological polar surface area (TPSA) is 72.8 Å². The van der Waals surface area contributed by atoms with Crippen molar-refractivity contribution in [3.63, 3.8) is 0 Å². The van der Waals surface area contributed by atoms with Gasteiger partial charge in [-0.2, -0.15) is 0 Å². The van der Waals surface area contributed by atoms with Crippen LogP contribution < -0.4 is 0 Å². The fourth-order valence-electron chi connectivity index (χ4n) is 9.41. The maximum atomic E-state index is 12.3. The number of esters is 2. The maximum Gasteiger partial charge on any atom is 0.306 e. The largest absolute Gasteiger partial charge is 0.462 e. The summed E-state index contributed by atoms with van der Waals surface area (Å²) in [5.41, 5.74) is 0. The Morgan fingerprint density at radius 3 is 0.915 bits per heavy atom. The second kappa shape index (κ2) is 61.9. The van der Waals surface area contributed by atoms with E-state index in [0.29, 0.717) is 12.8 Å². The molecule has 0 radical (unpaired) electrons. The SMILES string of the molecule is CC/C=C\C/C=C\C/C=C\C/C=C\C/C=C\CCCCCC(=O)OC(CO)COC(=O)CCCCCCCCCCCCCCCCCCCCCCCCCCCCCCCCCCCCCCCC. The average Bonchev–Trinajstić information content (AvgIpc) is 3.37. The monoisotopic (exact) mass is 993 g/mol. The number of aliphatic hydroxyl groups excluding tert-OH is 1. The van der Waals surface area contributed by atoms with Crippen LogP contribution in [0.25, 0.3) is 0 Å². The minimum atomic E-state index is -0.791. The number of rotatable bonds is 58. The van der Waals surface area contributed by atoms with Crippen LogP contribution in [0.3, 0.4) is 0 Å². The van der Waals surface area contributed by atoms with E-state index in [2.05, 4.69) is 74.6 Å². The van der Waals surface area contributed by atoms with Crippen LogP contribution in [0, 0.1) is 0 Å². The van der Waals surface area contributed by atoms with Crippen molar-refractivity contribution in [1.82, 2.24) is 0 Å². The number of allylic oxidation sites excluding steroid dienone is 10. The molecule has 0 heterocycles. The van der Waals surface area contributed by atoms with E-state index >= 15 is 0 Å². The van der Waals surface area contributed by atoms with E-state index in [0.717, 1.165) is 77.0 Å². The zero-order chi connectivity index (χ0) is 51.3. The fourth-order valence-corrected chi connectivity index (χ4v) is 9.41. The van der Waals surface area contributed by atoms with E-state index in [1.54, 1.807) is 0 Å². The minimum absolute atomic E-state index is 0.0785. The molecule has 0 fully saturated rings. The molecule has 0 aromatic heterocycles. The minimum Gasteiger partial charge on any atom is -0.462 e. The van der Waals surface area contributed by atoms with Gasteiger partial charge in [0.05, 0.1) is 6.61 Å². The Hall–Kier alpha value is -2.40. The van der Waals surface area contributed by atoms with Crippen LogP contribution in [-0.4, -0.2) is 36.4 Å². The van der Waals surface area contributed by atoms with Crippen LogP contribution in [0.5, 0.6) is 0 Å². The van der Waals surface area contributed by atoms with E-state index in [-0.39, 0.29) is 25.2 Å². The Morgan fingerprint density at radius 1 is 0.338 bits per heavy atom. The summed E-state index contributed by atoms with van der Waals surface area (Å²) in [5.74, 6) is -0.618. The second-order valence-corrected chi connectivity index (χ2v) is 21.1. The molecule has 1 N–H and O–H groups in total. The highest BCUT2D eigenvalue weighted by Crippen LogP contribution is 2.18. The van der Waals surface area contributed by atoms with Crippen LogP contribution in [0.2, 0.25) is 0 Å². The molecule has 414 valence electrons. The summed E-state index contributed by atoms with van der Waals surface area (Å²) in [6.45, 7) is 4.04. The first kappa shape index (κ1) is 68.6. The molecule has 0 rings (SSSR count). The molecule has 0 bridgehead atoms. The molecule has 0 aliphatic carbocycles. The van der Waals surface area contributed by atoms with Crippen LogP contribution in [-0.2, 0) is 19.1 Å². The van der Waals surface area contributed by atoms with Crippen LogP contribution in [0.15, 0.2) is 60.8 Å². The predicted octanol–water partition coefficient (Wildman–Crippen LogP) is 21.4. The first-order valence-corrected chi connectivity index (χ1v) is 31.3. The smallest absolute Gasteiger partial charge is 0.306 e. The Balaban J connectivity index is 3.40. The van der Waals surface area contributed by atoms with Crippen LogP contribution in [0.1, 0.15) is 328 Å². The third kappa shape index (κ3) is 60.1. The first-order valence-electron chi connectivity index (χ1n) is 31.3. The number of ether oxygens (including phenoxy) is 2. The lowest BCUT2D eigenvalue weighted by Crippen LogP contribution is -2.28. The lowest BCUT2D eigenvalue weighted by molar-refractivity contribution is -0.161. The van der Waals surface area contributed by atoms with E-state index in [1.807, 2.05) is 0 Å². The van der Waals surface area contributed by atoms with E-state index in [9.17, 15) is 14.7 Å². The molecule has 0 spiro atoms. The van der Waals surface area contributed by atoms with E-state index in [4.69, 9.17) is 9.47 Å². The van der Waals surface area contributed by atoms with Gasteiger partial charge in [-0.1, -0.05) is 319 Å². The number of carbonyl (C=O) groups is 2. The lowest BCUT2D eigenvalue weighted by atomic mass is 10.0. The van der Waals surface area contributed by atoms with Gasteiger partial charge in [0.2, 0.25) is 0 Å². The third-order valence-electron chi connectivity index (χ3n) is 14.1. The predicted molar refractivity (Wildman–Crippen MR) is 311 cm³/mol. The lowest BCUT2D eigenvalue weighted by Gasteiger charge is -2.15. The number of aliphatic hydroxyl groups is 1. The van der Waals surface area contributed by atoms with Gasteiger partial charge in [0, 0.05) is 12.8 Å². The van der Waals surface area contributed by atoms with Gasteiger partial charge < -0.3 is 14.6 Å². The normalized spacial score (nSPS) is 12.5. The van der Waals surface area contributed by atoms with Crippen molar-refractivity contribution in [2.75, 3.05) is 13.2 Å². The quantitative estimate of drug-likeness (QED) is 0.0373. The van der Waals surface area contributed by atoms with Crippen molar-refractivity contribution in [3.05, 3.63) is 60.8 Å². The highest BCUT2D eigenvalue weighted by Gasteiger charge is 2.16. The van der Waals surface area contributed by atoms with Gasteiger partial charge in [0.15, 0.2) is 6.10 Å². The summed E-state index contributed by atoms with van der Waals surface area (Å²) in [7, 11) is 0. The first-order chi connectivity index (χ1) is 35.1. The van der Waals surface area contributed by atoms with Crippen molar-refractivity contribution in [2.45, 2.75) is 335 Å². The molecule has 71 heavy (non-hydrogen) atoms. The van der Waals surface area contributed by atoms with Gasteiger partial charge in [0.1, 0.15) is 6.61 Å². The van der Waals surface area contributed by atoms with Crippen molar-refractivity contribution >= 4 is 11.9 Å². The summed E-state index contributed by atoms with van der Waals surface area (Å²) in [5, 5.41) is 9.65. The molecule has 5 heteroatoms. The summed E-state index contributed by atoms with van der Waals surface area (Å²) < 4.78 is 10.7. The molecule has 0 aliphatic heterocycles. The standard InChI is InChI=1S/C66H120O5/c1-3-5-7-9-11-13-15-17-19-21-23-24-25-26-27-28-29-30-31-32-33-34-35-36-37-38-39-40-41-43-44-46-48-50-52-54-56-58-60-65(68)70-63-64(62-67)71-66(69)61-59-57-55-53-51-49-47-45-42-22-20-18-16-14-12-10-8-6-4-2/h6,8,12,14,18,20,42,45,49,51,64,67H,3-5,7,9-11,13,15-17,19,21-41,43-44,46-48,50,52-63H2,1-2H3/b8-6-,14-12-,20-18-,45-42-,51-49-. The number of carbonyl (C=O) groups excluding carboxylic acids is 2. The van der Waals surface area contributed by atoms with Crippen LogP contribution in [0.4, 0.5) is 0 Å². The maximum absolute atomic E-state index is 12.3. The van der Waals surface area contributed by atoms with Crippen LogP contribution >= 0.6 is 0 Å². The fraction of sp³-hybridized carbons (Fsp3) is 0.818. The summed E-state index contributed by atoms with van der Waals surface area (Å²) in [6.07, 6.45) is 83.9. The molecule has 0 amide bonds. The number of unbranched alkanes of at least 4 members (excludes halogenated alkanes) is 40. The van der Waals surface area contributed by atoms with Crippen molar-refractivity contribution in [3.8, 4) is 0 Å². The van der Waals surface area contributed by atoms with Gasteiger partial charge in [-0.25, -0.2) is 0 Å². The van der Waals surface area contributed by atoms with Gasteiger partial charge in [-0.05, 0) is 57.8 Å². The number of hydrogen-bond donors (Lipinski definition) is 1. The van der Waals surface area contributed by atoms with Crippen molar-refractivity contribution < 1.29 is 24.2 Å². The van der Waals surface area contributed by atoms with Gasteiger partial charge in [0.25, 0.3) is 0 Å². The zero-order valence-corrected chi connectivity index (χ0v) is 47.5. The highest BCUT2D eigenvalue weighted by molar-refractivity contribution is 5.70. The van der Waals surface area contributed by atoms with E-state index in [1.165, 1.54) is 225 Å². The molecule has 1 unspecified atom stereocenters. The molecule has 5 nitrogen and oxygen atoms in total. The summed E-state index contributed by atoms with van der Waals surface area (Å²) in [6, 6.07) is 0. The Labute approximate surface area is 442 Å². The Morgan fingerprint density at radius 2 is 0.606 bits per heavy atom. The summed E-state index contributed by atoms with van der Waals surface area (Å²) in [4.78, 5) is 24.5. The van der Waals surface area contributed by atoms with Gasteiger partial charge in [-0.3, -0.25) is 9.59 Å². The van der Waals surface area contributed by atoms with Crippen molar-refractivity contribution in [1.29, 1.82) is 0 Å². The molecule has 1 atom stereocenters. The van der Waals surface area contributed by atoms with Crippen molar-refractivity contribution in [2.24, 2.45) is 0 Å². The molecule has 0 saturated carbocycles.